The molecule has 3 aromatic rings. The average molecular weight is 375 g/mol. The van der Waals surface area contributed by atoms with Gasteiger partial charge in [-0.05, 0) is 41.1 Å². The maximum absolute atomic E-state index is 11.9. The number of ether oxygens (including phenoxy) is 1. The van der Waals surface area contributed by atoms with E-state index in [1.165, 1.54) is 13.2 Å². The highest BCUT2D eigenvalue weighted by Crippen LogP contribution is 2.13. The number of aromatic nitrogens is 3. The van der Waals surface area contributed by atoms with E-state index in [1.807, 2.05) is 12.1 Å². The second-order valence-electron chi connectivity index (χ2n) is 5.33. The summed E-state index contributed by atoms with van der Waals surface area (Å²) >= 11 is 5.82. The van der Waals surface area contributed by atoms with Gasteiger partial charge in [0.2, 0.25) is 0 Å². The lowest BCUT2D eigenvalue weighted by Crippen LogP contribution is -2.31. The molecule has 0 saturated carbocycles. The monoisotopic (exact) mass is 374 g/mol. The van der Waals surface area contributed by atoms with Gasteiger partial charge in [0.15, 0.2) is 6.61 Å². The number of fused-ring (bicyclic) bond motifs is 1. The van der Waals surface area contributed by atoms with E-state index in [4.69, 9.17) is 16.4 Å². The fourth-order valence-corrected chi connectivity index (χ4v) is 2.34. The molecular formula is C17H15ClN4O4. The Morgan fingerprint density at radius 2 is 1.96 bits per heavy atom. The summed E-state index contributed by atoms with van der Waals surface area (Å²) in [6.07, 6.45) is 0. The molecular weight excluding hydrogens is 360 g/mol. The number of halogens is 1. The molecule has 26 heavy (non-hydrogen) atoms. The standard InChI is InChI=1S/C17H15ClN4O4/c1-25-17(24)12-4-7-14-15(8-12)22(21-20-14)26-10-16(23)19-9-11-2-5-13(18)6-3-11/h2-8H,9-10H2,1H3,(H,19,23). The van der Waals surface area contributed by atoms with Crippen molar-refractivity contribution in [2.24, 2.45) is 0 Å². The highest BCUT2D eigenvalue weighted by atomic mass is 35.5. The summed E-state index contributed by atoms with van der Waals surface area (Å²) in [4.78, 5) is 30.0. The first kappa shape index (κ1) is 17.7. The van der Waals surface area contributed by atoms with E-state index in [0.29, 0.717) is 28.2 Å². The third kappa shape index (κ3) is 4.09. The quantitative estimate of drug-likeness (QED) is 0.659. The number of nitrogens with one attached hydrogen (secondary N) is 1. The summed E-state index contributed by atoms with van der Waals surface area (Å²) in [6, 6.07) is 11.9. The van der Waals surface area contributed by atoms with Crippen molar-refractivity contribution in [3.8, 4) is 0 Å². The van der Waals surface area contributed by atoms with Crippen LogP contribution in [0.2, 0.25) is 5.02 Å². The van der Waals surface area contributed by atoms with Crippen molar-refractivity contribution in [1.82, 2.24) is 20.5 Å². The second kappa shape index (κ2) is 7.83. The van der Waals surface area contributed by atoms with Gasteiger partial charge in [-0.15, -0.1) is 5.10 Å². The third-order valence-electron chi connectivity index (χ3n) is 3.56. The van der Waals surface area contributed by atoms with Gasteiger partial charge < -0.3 is 14.9 Å². The Kier molecular flexibility index (Phi) is 5.33. The lowest BCUT2D eigenvalue weighted by molar-refractivity contribution is -0.126. The molecule has 0 spiro atoms. The van der Waals surface area contributed by atoms with Gasteiger partial charge in [-0.1, -0.05) is 28.6 Å². The molecule has 0 bridgehead atoms. The minimum absolute atomic E-state index is 0.255. The summed E-state index contributed by atoms with van der Waals surface area (Å²) in [5.41, 5.74) is 2.23. The molecule has 0 saturated heterocycles. The molecule has 0 aliphatic carbocycles. The van der Waals surface area contributed by atoms with Crippen molar-refractivity contribution in [3.63, 3.8) is 0 Å². The van der Waals surface area contributed by atoms with Crippen LogP contribution in [0, 0.1) is 0 Å². The van der Waals surface area contributed by atoms with E-state index in [0.717, 1.165) is 10.4 Å². The number of amides is 1. The van der Waals surface area contributed by atoms with E-state index in [2.05, 4.69) is 20.4 Å². The van der Waals surface area contributed by atoms with Crippen LogP contribution in [-0.4, -0.2) is 40.8 Å². The van der Waals surface area contributed by atoms with Crippen molar-refractivity contribution >= 4 is 34.5 Å². The van der Waals surface area contributed by atoms with Crippen LogP contribution in [-0.2, 0) is 16.1 Å². The number of esters is 1. The molecule has 8 nitrogen and oxygen atoms in total. The van der Waals surface area contributed by atoms with Crippen LogP contribution in [0.3, 0.4) is 0 Å². The van der Waals surface area contributed by atoms with Crippen LogP contribution in [0.4, 0.5) is 0 Å². The predicted octanol–water partition coefficient (Wildman–Crippen LogP) is 1.62. The first-order valence-electron chi connectivity index (χ1n) is 7.65. The molecule has 1 amide bonds. The van der Waals surface area contributed by atoms with E-state index in [9.17, 15) is 9.59 Å². The molecule has 9 heteroatoms. The molecule has 0 unspecified atom stereocenters. The van der Waals surface area contributed by atoms with Gasteiger partial charge in [0, 0.05) is 11.6 Å². The zero-order chi connectivity index (χ0) is 18.5. The van der Waals surface area contributed by atoms with Gasteiger partial charge in [0.25, 0.3) is 5.91 Å². The summed E-state index contributed by atoms with van der Waals surface area (Å²) < 4.78 is 4.68. The molecule has 2 aromatic carbocycles. The van der Waals surface area contributed by atoms with Crippen LogP contribution in [0.15, 0.2) is 42.5 Å². The smallest absolute Gasteiger partial charge is 0.337 e. The zero-order valence-corrected chi connectivity index (χ0v) is 14.6. The lowest BCUT2D eigenvalue weighted by Gasteiger charge is -2.07. The van der Waals surface area contributed by atoms with E-state index in [1.54, 1.807) is 24.3 Å². The molecule has 0 atom stereocenters. The number of benzene rings is 2. The first-order valence-corrected chi connectivity index (χ1v) is 8.03. The Hall–Kier alpha value is -3.13. The predicted molar refractivity (Wildman–Crippen MR) is 93.6 cm³/mol. The normalized spacial score (nSPS) is 10.5. The third-order valence-corrected chi connectivity index (χ3v) is 3.81. The number of rotatable bonds is 6. The molecule has 0 aliphatic heterocycles. The van der Waals surface area contributed by atoms with Gasteiger partial charge in [-0.2, -0.15) is 0 Å². The Morgan fingerprint density at radius 3 is 2.69 bits per heavy atom. The minimum atomic E-state index is -0.486. The second-order valence-corrected chi connectivity index (χ2v) is 5.77. The van der Waals surface area contributed by atoms with Crippen molar-refractivity contribution in [2.75, 3.05) is 13.7 Å². The van der Waals surface area contributed by atoms with Crippen molar-refractivity contribution in [3.05, 3.63) is 58.6 Å². The van der Waals surface area contributed by atoms with Gasteiger partial charge in [-0.3, -0.25) is 4.79 Å². The van der Waals surface area contributed by atoms with E-state index in [-0.39, 0.29) is 12.5 Å². The van der Waals surface area contributed by atoms with Gasteiger partial charge in [0.05, 0.1) is 12.7 Å². The highest BCUT2D eigenvalue weighted by molar-refractivity contribution is 6.30. The molecule has 0 radical (unpaired) electrons. The van der Waals surface area contributed by atoms with E-state index >= 15 is 0 Å². The molecule has 3 rings (SSSR count). The summed E-state index contributed by atoms with van der Waals surface area (Å²) in [5, 5.41) is 11.1. The van der Waals surface area contributed by atoms with Crippen molar-refractivity contribution in [1.29, 1.82) is 0 Å². The molecule has 0 aliphatic rings. The minimum Gasteiger partial charge on any atom is -0.465 e. The summed E-state index contributed by atoms with van der Waals surface area (Å²) in [7, 11) is 1.30. The molecule has 1 N–H and O–H groups in total. The van der Waals surface area contributed by atoms with Gasteiger partial charge >= 0.3 is 5.97 Å². The van der Waals surface area contributed by atoms with Crippen LogP contribution in [0.5, 0.6) is 0 Å². The Balaban J connectivity index is 1.60. The number of nitrogens with zero attached hydrogens (tertiary/aromatic N) is 3. The maximum Gasteiger partial charge on any atom is 0.337 e. The van der Waals surface area contributed by atoms with Crippen LogP contribution < -0.4 is 10.2 Å². The SMILES string of the molecule is COC(=O)c1ccc2nnn(OCC(=O)NCc3ccc(Cl)cc3)c2c1. The fraction of sp³-hybridized carbons (Fsp3) is 0.176. The van der Waals surface area contributed by atoms with Crippen molar-refractivity contribution in [2.45, 2.75) is 6.54 Å². The summed E-state index contributed by atoms with van der Waals surface area (Å²) in [6.45, 7) is 0.0957. The topological polar surface area (TPSA) is 95.3 Å². The Morgan fingerprint density at radius 1 is 1.19 bits per heavy atom. The fourth-order valence-electron chi connectivity index (χ4n) is 2.21. The molecule has 1 aromatic heterocycles. The van der Waals surface area contributed by atoms with Crippen LogP contribution in [0.1, 0.15) is 15.9 Å². The lowest BCUT2D eigenvalue weighted by atomic mass is 10.2. The summed E-state index contributed by atoms with van der Waals surface area (Å²) in [5.74, 6) is -0.812. The zero-order valence-electron chi connectivity index (χ0n) is 13.8. The largest absolute Gasteiger partial charge is 0.465 e. The Bertz CT molecular complexity index is 940. The maximum atomic E-state index is 11.9. The number of methoxy groups -OCH3 is 1. The number of carbonyl (C=O) groups is 2. The van der Waals surface area contributed by atoms with Gasteiger partial charge in [0.1, 0.15) is 11.0 Å². The molecule has 134 valence electrons. The van der Waals surface area contributed by atoms with Crippen LogP contribution >= 0.6 is 11.6 Å². The molecule has 0 fully saturated rings. The highest BCUT2D eigenvalue weighted by Gasteiger charge is 2.12. The van der Waals surface area contributed by atoms with Crippen LogP contribution in [0.25, 0.3) is 11.0 Å². The number of hydrogen-bond acceptors (Lipinski definition) is 6. The number of hydrogen-bond donors (Lipinski definition) is 1. The number of carbonyl (C=O) groups excluding carboxylic acids is 2. The van der Waals surface area contributed by atoms with Crippen molar-refractivity contribution < 1.29 is 19.2 Å². The average Bonchev–Trinajstić information content (AvgIpc) is 3.07. The Labute approximate surface area is 153 Å². The van der Waals surface area contributed by atoms with E-state index < -0.39 is 5.97 Å². The first-order chi connectivity index (χ1) is 12.6. The molecule has 1 heterocycles. The van der Waals surface area contributed by atoms with Gasteiger partial charge in [-0.25, -0.2) is 4.79 Å².